The molecule has 174 valence electrons. The summed E-state index contributed by atoms with van der Waals surface area (Å²) in [6.45, 7) is 11.4. The van der Waals surface area contributed by atoms with Crippen molar-refractivity contribution in [3.8, 4) is 0 Å². The van der Waals surface area contributed by atoms with Crippen molar-refractivity contribution in [3.05, 3.63) is 64.7 Å². The SMILES string of the molecule is CC1=C(/C=C(\C)OC/C(=C\F)CNC(=O)OC(C)(C)C)CCN(c2ccc(C)cc2)C1=O. The highest BCUT2D eigenvalue weighted by Gasteiger charge is 2.24. The van der Waals surface area contributed by atoms with Crippen LogP contribution in [0.25, 0.3) is 0 Å². The summed E-state index contributed by atoms with van der Waals surface area (Å²) in [4.78, 5) is 26.3. The normalized spacial score (nSPS) is 15.7. The summed E-state index contributed by atoms with van der Waals surface area (Å²) in [6, 6.07) is 7.88. The highest BCUT2D eigenvalue weighted by molar-refractivity contribution is 6.07. The van der Waals surface area contributed by atoms with E-state index in [0.29, 0.717) is 30.6 Å². The zero-order valence-corrected chi connectivity index (χ0v) is 19.8. The number of allylic oxidation sites excluding steroid dienone is 2. The van der Waals surface area contributed by atoms with Gasteiger partial charge < -0.3 is 19.7 Å². The van der Waals surface area contributed by atoms with Crippen LogP contribution in [0.2, 0.25) is 0 Å². The number of halogens is 1. The number of hydrogen-bond acceptors (Lipinski definition) is 4. The van der Waals surface area contributed by atoms with Gasteiger partial charge >= 0.3 is 6.09 Å². The third kappa shape index (κ3) is 7.55. The van der Waals surface area contributed by atoms with E-state index >= 15 is 0 Å². The molecule has 6 nitrogen and oxygen atoms in total. The molecule has 1 aliphatic heterocycles. The van der Waals surface area contributed by atoms with Crippen molar-refractivity contribution in [1.29, 1.82) is 0 Å². The Bertz CT molecular complexity index is 924. The summed E-state index contributed by atoms with van der Waals surface area (Å²) in [5, 5.41) is 2.50. The Morgan fingerprint density at radius 2 is 1.88 bits per heavy atom. The zero-order chi connectivity index (χ0) is 23.9. The summed E-state index contributed by atoms with van der Waals surface area (Å²) in [6.07, 6.45) is 2.30. The minimum atomic E-state index is -0.627. The van der Waals surface area contributed by atoms with Crippen LogP contribution in [0.15, 0.2) is 59.1 Å². The molecule has 2 rings (SSSR count). The highest BCUT2D eigenvalue weighted by atomic mass is 19.1. The van der Waals surface area contributed by atoms with E-state index in [0.717, 1.165) is 16.8 Å². The van der Waals surface area contributed by atoms with E-state index in [1.54, 1.807) is 39.5 Å². The fraction of sp³-hybridized carbons (Fsp3) is 0.440. The number of nitrogens with zero attached hydrogens (tertiary/aromatic N) is 1. The van der Waals surface area contributed by atoms with E-state index < -0.39 is 11.7 Å². The van der Waals surface area contributed by atoms with Crippen molar-refractivity contribution in [2.75, 3.05) is 24.6 Å². The summed E-state index contributed by atoms with van der Waals surface area (Å²) in [5.41, 5.74) is 3.22. The average molecular weight is 445 g/mol. The van der Waals surface area contributed by atoms with Crippen LogP contribution in [0.5, 0.6) is 0 Å². The average Bonchev–Trinajstić information content (AvgIpc) is 2.71. The fourth-order valence-corrected chi connectivity index (χ4v) is 3.13. The second kappa shape index (κ2) is 11.0. The molecule has 0 aliphatic carbocycles. The van der Waals surface area contributed by atoms with E-state index in [-0.39, 0.29) is 24.6 Å². The standard InChI is InChI=1S/C25H33FN2O4/c1-17-7-9-22(10-8-17)28-12-11-21(19(3)23(28)29)13-18(2)31-16-20(14-26)15-27-24(30)32-25(4,5)6/h7-10,13-14H,11-12,15-16H2,1-6H3,(H,27,30)/b18-13+,20-14-. The number of amides is 2. The van der Waals surface area contributed by atoms with Crippen LogP contribution in [0.4, 0.5) is 14.9 Å². The van der Waals surface area contributed by atoms with Gasteiger partial charge in [0.25, 0.3) is 5.91 Å². The van der Waals surface area contributed by atoms with Crippen molar-refractivity contribution < 1.29 is 23.5 Å². The topological polar surface area (TPSA) is 67.9 Å². The molecular formula is C25H33FN2O4. The van der Waals surface area contributed by atoms with Crippen LogP contribution in [0, 0.1) is 6.92 Å². The van der Waals surface area contributed by atoms with Crippen LogP contribution < -0.4 is 10.2 Å². The molecule has 32 heavy (non-hydrogen) atoms. The van der Waals surface area contributed by atoms with E-state index in [1.807, 2.05) is 37.3 Å². The fourth-order valence-electron chi connectivity index (χ4n) is 3.13. The number of hydrogen-bond donors (Lipinski definition) is 1. The molecule has 0 unspecified atom stereocenters. The maximum absolute atomic E-state index is 13.2. The van der Waals surface area contributed by atoms with Gasteiger partial charge in [-0.3, -0.25) is 4.79 Å². The lowest BCUT2D eigenvalue weighted by Crippen LogP contribution is -2.36. The van der Waals surface area contributed by atoms with E-state index in [9.17, 15) is 14.0 Å². The summed E-state index contributed by atoms with van der Waals surface area (Å²) in [7, 11) is 0. The quantitative estimate of drug-likeness (QED) is 0.576. The first-order valence-electron chi connectivity index (χ1n) is 10.6. The molecule has 7 heteroatoms. The maximum atomic E-state index is 13.2. The second-order valence-electron chi connectivity index (χ2n) is 8.86. The Balaban J connectivity index is 1.94. The third-order valence-electron chi connectivity index (χ3n) is 4.87. The van der Waals surface area contributed by atoms with Crippen LogP contribution in [0.1, 0.15) is 46.6 Å². The molecule has 0 fully saturated rings. The second-order valence-corrected chi connectivity index (χ2v) is 8.86. The molecule has 0 radical (unpaired) electrons. The Morgan fingerprint density at radius 3 is 2.47 bits per heavy atom. The lowest BCUT2D eigenvalue weighted by Gasteiger charge is -2.29. The molecule has 0 aromatic heterocycles. The number of rotatable bonds is 7. The number of alkyl carbamates (subject to hydrolysis) is 1. The summed E-state index contributed by atoms with van der Waals surface area (Å²) < 4.78 is 24.0. The molecule has 0 spiro atoms. The van der Waals surface area contributed by atoms with Crippen LogP contribution in [0.3, 0.4) is 0 Å². The van der Waals surface area contributed by atoms with Gasteiger partial charge in [-0.1, -0.05) is 17.7 Å². The van der Waals surface area contributed by atoms with Crippen LogP contribution >= 0.6 is 0 Å². The summed E-state index contributed by atoms with van der Waals surface area (Å²) in [5.74, 6) is 0.526. The summed E-state index contributed by atoms with van der Waals surface area (Å²) >= 11 is 0. The van der Waals surface area contributed by atoms with Crippen LogP contribution in [-0.2, 0) is 14.3 Å². The first kappa shape index (κ1) is 25.2. The van der Waals surface area contributed by atoms with E-state index in [1.165, 1.54) is 0 Å². The van der Waals surface area contributed by atoms with Gasteiger partial charge in [0.05, 0.1) is 12.1 Å². The molecule has 1 N–H and O–H groups in total. The monoisotopic (exact) mass is 444 g/mol. The molecule has 0 atom stereocenters. The predicted octanol–water partition coefficient (Wildman–Crippen LogP) is 5.35. The van der Waals surface area contributed by atoms with Gasteiger partial charge in [0, 0.05) is 29.9 Å². The molecule has 1 aromatic carbocycles. The predicted molar refractivity (Wildman–Crippen MR) is 124 cm³/mol. The number of carbonyl (C=O) groups is 2. The maximum Gasteiger partial charge on any atom is 0.407 e. The first-order chi connectivity index (χ1) is 15.0. The van der Waals surface area contributed by atoms with Gasteiger partial charge in [0.1, 0.15) is 12.2 Å². The number of carbonyl (C=O) groups excluding carboxylic acids is 2. The highest BCUT2D eigenvalue weighted by Crippen LogP contribution is 2.26. The van der Waals surface area contributed by atoms with Gasteiger partial charge in [0.2, 0.25) is 0 Å². The molecule has 0 saturated carbocycles. The lowest BCUT2D eigenvalue weighted by atomic mass is 9.99. The molecular weight excluding hydrogens is 411 g/mol. The Labute approximate surface area is 189 Å². The van der Waals surface area contributed by atoms with Crippen LogP contribution in [-0.4, -0.2) is 37.3 Å². The van der Waals surface area contributed by atoms with E-state index in [4.69, 9.17) is 9.47 Å². The Morgan fingerprint density at radius 1 is 1.22 bits per heavy atom. The number of anilines is 1. The third-order valence-corrected chi connectivity index (χ3v) is 4.87. The molecule has 2 amide bonds. The van der Waals surface area contributed by atoms with Gasteiger partial charge in [0.15, 0.2) is 0 Å². The van der Waals surface area contributed by atoms with Crippen molar-refractivity contribution in [2.45, 2.75) is 53.6 Å². The molecule has 0 saturated heterocycles. The van der Waals surface area contributed by atoms with Crippen molar-refractivity contribution in [1.82, 2.24) is 5.32 Å². The number of aryl methyl sites for hydroxylation is 1. The lowest BCUT2D eigenvalue weighted by molar-refractivity contribution is -0.115. The molecule has 1 aromatic rings. The van der Waals surface area contributed by atoms with Gasteiger partial charge in [-0.05, 0) is 71.7 Å². The minimum absolute atomic E-state index is 0.0234. The van der Waals surface area contributed by atoms with Gasteiger partial charge in [-0.2, -0.15) is 0 Å². The molecule has 1 heterocycles. The zero-order valence-electron chi connectivity index (χ0n) is 19.8. The smallest absolute Gasteiger partial charge is 0.407 e. The molecule has 0 bridgehead atoms. The first-order valence-corrected chi connectivity index (χ1v) is 10.6. The van der Waals surface area contributed by atoms with E-state index in [2.05, 4.69) is 5.32 Å². The number of ether oxygens (including phenoxy) is 2. The van der Waals surface area contributed by atoms with Crippen molar-refractivity contribution in [3.63, 3.8) is 0 Å². The number of nitrogens with one attached hydrogen (secondary N) is 1. The van der Waals surface area contributed by atoms with Gasteiger partial charge in [-0.25, -0.2) is 9.18 Å². The largest absolute Gasteiger partial charge is 0.494 e. The van der Waals surface area contributed by atoms with Gasteiger partial charge in [-0.15, -0.1) is 0 Å². The molecule has 1 aliphatic rings. The van der Waals surface area contributed by atoms with Crippen molar-refractivity contribution in [2.24, 2.45) is 0 Å². The van der Waals surface area contributed by atoms with Crippen molar-refractivity contribution >= 4 is 17.7 Å². The minimum Gasteiger partial charge on any atom is -0.494 e. The Kier molecular flexibility index (Phi) is 8.63. The Hall–Kier alpha value is -3.09. The number of benzene rings is 1.